The zero-order valence-electron chi connectivity index (χ0n) is 16.4. The van der Waals surface area contributed by atoms with Crippen molar-refractivity contribution in [3.05, 3.63) is 59.4 Å². The first-order valence-electron chi connectivity index (χ1n) is 10.2. The van der Waals surface area contributed by atoms with Gasteiger partial charge in [0, 0.05) is 31.7 Å². The number of amides is 2. The van der Waals surface area contributed by atoms with Crippen molar-refractivity contribution in [3.63, 3.8) is 0 Å². The molecule has 2 aromatic carbocycles. The molecule has 30 heavy (non-hydrogen) atoms. The number of rotatable bonds is 3. The lowest BCUT2D eigenvalue weighted by molar-refractivity contribution is -0.143. The van der Waals surface area contributed by atoms with Gasteiger partial charge in [-0.1, -0.05) is 12.1 Å². The van der Waals surface area contributed by atoms with Gasteiger partial charge in [-0.2, -0.15) is 0 Å². The van der Waals surface area contributed by atoms with Gasteiger partial charge in [-0.25, -0.2) is 4.39 Å². The molecule has 1 saturated carbocycles. The van der Waals surface area contributed by atoms with E-state index < -0.39 is 5.60 Å². The molecule has 2 amide bonds. The molecule has 0 radical (unpaired) electrons. The number of carbonyl (C=O) groups is 2. The van der Waals surface area contributed by atoms with Gasteiger partial charge in [-0.3, -0.25) is 9.59 Å². The minimum absolute atomic E-state index is 0.0727. The lowest BCUT2D eigenvalue weighted by Gasteiger charge is -2.35. The molecule has 1 unspecified atom stereocenters. The van der Waals surface area contributed by atoms with Crippen LogP contribution < -0.4 is 10.6 Å². The summed E-state index contributed by atoms with van der Waals surface area (Å²) < 4.78 is 13.4. The molecule has 8 heteroatoms. The van der Waals surface area contributed by atoms with Crippen LogP contribution >= 0.6 is 0 Å². The summed E-state index contributed by atoms with van der Waals surface area (Å²) in [6.45, 7) is 1.79. The number of anilines is 2. The Balaban J connectivity index is 1.20. The van der Waals surface area contributed by atoms with Gasteiger partial charge in [-0.05, 0) is 48.7 Å². The highest BCUT2D eigenvalue weighted by Crippen LogP contribution is 2.37. The molecule has 7 nitrogen and oxygen atoms in total. The number of hydrogen-bond donors (Lipinski definition) is 3. The first-order valence-corrected chi connectivity index (χ1v) is 10.2. The van der Waals surface area contributed by atoms with Crippen molar-refractivity contribution >= 4 is 23.2 Å². The molecule has 1 aliphatic carbocycles. The van der Waals surface area contributed by atoms with E-state index in [9.17, 15) is 19.1 Å². The van der Waals surface area contributed by atoms with Crippen molar-refractivity contribution in [1.82, 2.24) is 9.80 Å². The maximum absolute atomic E-state index is 13.4. The van der Waals surface area contributed by atoms with Crippen LogP contribution in [0.15, 0.2) is 42.5 Å². The molecule has 5 rings (SSSR count). The topological polar surface area (TPSA) is 84.9 Å². The van der Waals surface area contributed by atoms with E-state index in [4.69, 9.17) is 0 Å². The van der Waals surface area contributed by atoms with Crippen LogP contribution in [0.4, 0.5) is 15.8 Å². The molecule has 2 aliphatic heterocycles. The summed E-state index contributed by atoms with van der Waals surface area (Å²) in [6, 6.07) is 11.9. The van der Waals surface area contributed by atoms with Crippen LogP contribution in [0.1, 0.15) is 34.9 Å². The second-order valence-electron chi connectivity index (χ2n) is 8.15. The molecule has 2 fully saturated rings. The Morgan fingerprint density at radius 3 is 2.23 bits per heavy atom. The van der Waals surface area contributed by atoms with Crippen molar-refractivity contribution in [2.45, 2.75) is 24.6 Å². The Labute approximate surface area is 173 Å². The van der Waals surface area contributed by atoms with Crippen molar-refractivity contribution in [2.24, 2.45) is 0 Å². The highest BCUT2D eigenvalue weighted by Gasteiger charge is 2.50. The number of halogens is 1. The third-order valence-electron chi connectivity index (χ3n) is 6.05. The molecule has 156 valence electrons. The number of nitrogens with zero attached hydrogens (tertiary/aromatic N) is 2. The minimum Gasteiger partial charge on any atom is -0.380 e. The second-order valence-corrected chi connectivity index (χ2v) is 8.15. The molecular weight excluding hydrogens is 387 g/mol. The number of carbonyl (C=O) groups excluding carboxylic acids is 2. The normalized spacial score (nSPS) is 21.5. The van der Waals surface area contributed by atoms with Gasteiger partial charge < -0.3 is 25.5 Å². The number of piperazine rings is 1. The van der Waals surface area contributed by atoms with Crippen LogP contribution in [-0.2, 0) is 4.79 Å². The number of fused-ring (bicyclic) bond motifs is 1. The number of hydrogen-bond acceptors (Lipinski definition) is 5. The predicted octanol–water partition coefficient (Wildman–Crippen LogP) is 2.17. The molecule has 1 atom stereocenters. The third kappa shape index (κ3) is 3.37. The van der Waals surface area contributed by atoms with Gasteiger partial charge >= 0.3 is 0 Å². The van der Waals surface area contributed by atoms with Crippen LogP contribution in [0.3, 0.4) is 0 Å². The SMILES string of the molecule is O=C(c1ccc(C2Nc3ccc(F)cc3N2)cc1)N1CCN(C(=O)C2(O)CC2)CC1. The standard InChI is InChI=1S/C22H23FN4O3/c23-16-5-6-17-18(13-16)25-19(24-17)14-1-3-15(4-2-14)20(28)26-9-11-27(12-10-26)21(29)22(30)7-8-22/h1-6,13,19,24-25,30H,7-12H2. The van der Waals surface area contributed by atoms with Crippen molar-refractivity contribution in [1.29, 1.82) is 0 Å². The summed E-state index contributed by atoms with van der Waals surface area (Å²) in [7, 11) is 0. The summed E-state index contributed by atoms with van der Waals surface area (Å²) in [5.41, 5.74) is 1.92. The molecule has 1 saturated heterocycles. The lowest BCUT2D eigenvalue weighted by atomic mass is 10.1. The van der Waals surface area contributed by atoms with Crippen LogP contribution in [0.25, 0.3) is 0 Å². The summed E-state index contributed by atoms with van der Waals surface area (Å²) in [5.74, 6) is -0.578. The van der Waals surface area contributed by atoms with Crippen LogP contribution in [0.2, 0.25) is 0 Å². The lowest BCUT2D eigenvalue weighted by Crippen LogP contribution is -2.53. The zero-order valence-corrected chi connectivity index (χ0v) is 16.4. The Morgan fingerprint density at radius 1 is 0.933 bits per heavy atom. The number of aliphatic hydroxyl groups is 1. The summed E-state index contributed by atoms with van der Waals surface area (Å²) >= 11 is 0. The van der Waals surface area contributed by atoms with E-state index in [1.807, 2.05) is 12.1 Å². The van der Waals surface area contributed by atoms with Crippen LogP contribution in [-0.4, -0.2) is 58.5 Å². The Kier molecular flexibility index (Phi) is 4.39. The zero-order chi connectivity index (χ0) is 20.9. The summed E-state index contributed by atoms with van der Waals surface area (Å²) in [6.07, 6.45) is 0.873. The van der Waals surface area contributed by atoms with Gasteiger partial charge in [0.25, 0.3) is 11.8 Å². The Bertz CT molecular complexity index is 998. The van der Waals surface area contributed by atoms with Crippen LogP contribution in [0, 0.1) is 5.82 Å². The van der Waals surface area contributed by atoms with Crippen molar-refractivity contribution in [3.8, 4) is 0 Å². The molecule has 0 aromatic heterocycles. The molecular formula is C22H23FN4O3. The van der Waals surface area contributed by atoms with Gasteiger partial charge in [0.15, 0.2) is 0 Å². The van der Waals surface area contributed by atoms with Gasteiger partial charge in [0.2, 0.25) is 0 Å². The molecule has 2 aromatic rings. The molecule has 0 spiro atoms. The Hall–Kier alpha value is -3.13. The largest absolute Gasteiger partial charge is 0.380 e. The first kappa shape index (κ1) is 18.9. The van der Waals surface area contributed by atoms with Crippen molar-refractivity contribution < 1.29 is 19.1 Å². The van der Waals surface area contributed by atoms with E-state index in [1.165, 1.54) is 12.1 Å². The molecule has 3 N–H and O–H groups in total. The van der Waals surface area contributed by atoms with Gasteiger partial charge in [0.1, 0.15) is 17.6 Å². The fourth-order valence-electron chi connectivity index (χ4n) is 4.02. The highest BCUT2D eigenvalue weighted by molar-refractivity contribution is 5.94. The Morgan fingerprint density at radius 2 is 1.57 bits per heavy atom. The fraction of sp³-hybridized carbons (Fsp3) is 0.364. The highest BCUT2D eigenvalue weighted by atomic mass is 19.1. The average Bonchev–Trinajstić information content (AvgIpc) is 3.38. The van der Waals surface area contributed by atoms with E-state index in [2.05, 4.69) is 10.6 Å². The monoisotopic (exact) mass is 410 g/mol. The second kappa shape index (κ2) is 6.98. The molecule has 0 bridgehead atoms. The van der Waals surface area contributed by atoms with E-state index in [1.54, 1.807) is 28.0 Å². The number of benzene rings is 2. The van der Waals surface area contributed by atoms with Crippen LogP contribution in [0.5, 0.6) is 0 Å². The summed E-state index contributed by atoms with van der Waals surface area (Å²) in [5, 5.41) is 16.5. The van der Waals surface area contributed by atoms with E-state index in [-0.39, 0.29) is 23.8 Å². The van der Waals surface area contributed by atoms with E-state index in [0.29, 0.717) is 50.3 Å². The first-order chi connectivity index (χ1) is 14.4. The summed E-state index contributed by atoms with van der Waals surface area (Å²) in [4.78, 5) is 28.5. The van der Waals surface area contributed by atoms with Crippen molar-refractivity contribution in [2.75, 3.05) is 36.8 Å². The maximum Gasteiger partial charge on any atom is 0.254 e. The van der Waals surface area contributed by atoms with E-state index >= 15 is 0 Å². The van der Waals surface area contributed by atoms with Gasteiger partial charge in [0.05, 0.1) is 11.4 Å². The average molecular weight is 410 g/mol. The molecule has 2 heterocycles. The minimum atomic E-state index is -1.16. The smallest absolute Gasteiger partial charge is 0.254 e. The third-order valence-corrected chi connectivity index (χ3v) is 6.05. The fourth-order valence-corrected chi connectivity index (χ4v) is 4.02. The van der Waals surface area contributed by atoms with E-state index in [0.717, 1.165) is 11.3 Å². The molecule has 3 aliphatic rings. The van der Waals surface area contributed by atoms with Gasteiger partial charge in [-0.15, -0.1) is 0 Å². The predicted molar refractivity (Wildman–Crippen MR) is 109 cm³/mol. The number of nitrogens with one attached hydrogen (secondary N) is 2. The quantitative estimate of drug-likeness (QED) is 0.722. The maximum atomic E-state index is 13.4.